The van der Waals surface area contributed by atoms with Crippen molar-refractivity contribution in [1.82, 2.24) is 0 Å². The molecule has 0 saturated heterocycles. The third kappa shape index (κ3) is 297. The first kappa shape index (κ1) is 22.5. The van der Waals surface area contributed by atoms with Crippen LogP contribution in [0.15, 0.2) is 0 Å². The number of carbonyl (C=O) groups is 1. The van der Waals surface area contributed by atoms with E-state index in [4.69, 9.17) is 25.2 Å². The molecule has 0 spiro atoms. The molecule has 56 valence electrons. The van der Waals surface area contributed by atoms with Gasteiger partial charge in [0.1, 0.15) is 0 Å². The molecule has 0 heterocycles. The molecule has 0 radical (unpaired) electrons. The van der Waals surface area contributed by atoms with Gasteiger partial charge in [-0.1, -0.05) is 0 Å². The van der Waals surface area contributed by atoms with Gasteiger partial charge in [-0.3, -0.25) is 4.79 Å². The maximum absolute atomic E-state index is 9.00. The zero-order chi connectivity index (χ0) is 7.15. The fourth-order valence-corrected chi connectivity index (χ4v) is 0. The Kier molecular flexibility index (Phi) is 38.0. The molecular weight excluding hydrogens is 346 g/mol. The Hall–Kier alpha value is 1.53. The molecule has 0 rings (SSSR count). The topological polar surface area (TPSA) is 104 Å². The first-order valence-electron chi connectivity index (χ1n) is 1.48. The van der Waals surface area contributed by atoms with Crippen molar-refractivity contribution < 1.29 is 56.7 Å². The fourth-order valence-electron chi connectivity index (χ4n) is 0. The Bertz CT molecular complexity index is 77.6. The van der Waals surface area contributed by atoms with Gasteiger partial charge in [0, 0.05) is 48.7 Å². The van der Waals surface area contributed by atoms with Gasteiger partial charge >= 0.3 is 45.5 Å². The summed E-state index contributed by atoms with van der Waals surface area (Å²) in [4.78, 5) is 17.2. The Labute approximate surface area is 128 Å². The maximum atomic E-state index is 9.00. The molecule has 0 saturated carbocycles. The van der Waals surface area contributed by atoms with Crippen molar-refractivity contribution in [2.45, 2.75) is 6.92 Å². The molecule has 0 aromatic heterocycles. The molecule has 0 aliphatic rings. The molecule has 0 fully saturated rings. The van der Waals surface area contributed by atoms with Crippen molar-refractivity contribution >= 4 is 51.5 Å². The van der Waals surface area contributed by atoms with Crippen LogP contribution >= 0.6 is 0 Å². The molecule has 0 aliphatic carbocycles. The third-order valence-electron chi connectivity index (χ3n) is 0. The summed E-state index contributed by atoms with van der Waals surface area (Å²) < 4.78 is 0. The van der Waals surface area contributed by atoms with Crippen LogP contribution in [0.1, 0.15) is 6.92 Å². The molecule has 1 N–H and O–H groups in total. The second-order valence-corrected chi connectivity index (χ2v) is 0.743. The number of hydrogen-bond acceptors (Lipinski definition) is 4. The van der Waals surface area contributed by atoms with Crippen molar-refractivity contribution in [2.24, 2.45) is 0 Å². The first-order chi connectivity index (χ1) is 3.46. The minimum absolute atomic E-state index is 0. The normalized spacial score (nSPS) is 4.90. The Morgan fingerprint density at radius 2 is 1.50 bits per heavy atom. The van der Waals surface area contributed by atoms with Gasteiger partial charge in [0.2, 0.25) is 0 Å². The summed E-state index contributed by atoms with van der Waals surface area (Å²) in [5.74, 6) is -0.833. The van der Waals surface area contributed by atoms with Crippen molar-refractivity contribution in [2.75, 3.05) is 0 Å². The Balaban J connectivity index is -0.0000000300. The van der Waals surface area contributed by atoms with Crippen LogP contribution in [0, 0.1) is 57.1 Å². The molecule has 0 aromatic carbocycles. The first-order valence-corrected chi connectivity index (χ1v) is 1.48. The quantitative estimate of drug-likeness (QED) is 0.340. The summed E-state index contributed by atoms with van der Waals surface area (Å²) in [7, 11) is 0. The van der Waals surface area contributed by atoms with Crippen LogP contribution in [0.25, 0.3) is 0 Å². The van der Waals surface area contributed by atoms with E-state index in [1.165, 1.54) is 0 Å². The number of nitrogens with zero attached hydrogens (tertiary/aromatic N) is 1. The van der Waals surface area contributed by atoms with Crippen LogP contribution in [0.2, 0.25) is 0 Å². The molecule has 0 unspecified atom stereocenters. The summed E-state index contributed by atoms with van der Waals surface area (Å²) in [5.41, 5.74) is 0. The number of hydrogen-bond donors (Lipinski definition) is 1. The van der Waals surface area contributed by atoms with Gasteiger partial charge < -0.3 is 20.4 Å². The molecule has 0 aromatic rings. The molecule has 6 nitrogen and oxygen atoms in total. The summed E-state index contributed by atoms with van der Waals surface area (Å²) in [6.07, 6.45) is 0. The van der Waals surface area contributed by atoms with Crippen molar-refractivity contribution in [3.63, 3.8) is 0 Å². The average Bonchev–Trinajstić information content (AvgIpc) is 1.25. The standard InChI is InChI=1S/C2H4O2.Ce.NO3.Sr.2H/c1-2(3)4;;2-1(3)4;;;/h1H3,(H,3,4);;;;;/q;;-1;;;. The van der Waals surface area contributed by atoms with Crippen LogP contribution in [0.3, 0.4) is 0 Å². The van der Waals surface area contributed by atoms with Gasteiger partial charge in [0.05, 0.1) is 5.09 Å². The molecule has 0 atom stereocenters. The SMILES string of the molecule is CC(=O)O.O=[N+]([O-])[O-].[Ce].[SrH2]. The van der Waals surface area contributed by atoms with E-state index >= 15 is 0 Å². The third-order valence-corrected chi connectivity index (χ3v) is 0. The van der Waals surface area contributed by atoms with E-state index < -0.39 is 11.1 Å². The molecule has 0 aliphatic heterocycles. The number of carboxylic acid groups (broad SMARTS) is 1. The summed E-state index contributed by atoms with van der Waals surface area (Å²) in [5, 5.41) is 22.2. The van der Waals surface area contributed by atoms with Gasteiger partial charge in [-0.15, -0.1) is 0 Å². The Morgan fingerprint density at radius 1 is 1.50 bits per heavy atom. The van der Waals surface area contributed by atoms with Crippen molar-refractivity contribution in [3.8, 4) is 0 Å². The zero-order valence-electron chi connectivity index (χ0n) is 4.53. The van der Waals surface area contributed by atoms with Crippen LogP contribution in [0.4, 0.5) is 0 Å². The summed E-state index contributed by atoms with van der Waals surface area (Å²) >= 11 is 0. The molecule has 0 bridgehead atoms. The monoisotopic (exact) mass is 352 g/mol. The molecule has 8 heteroatoms. The van der Waals surface area contributed by atoms with Gasteiger partial charge in [-0.05, 0) is 0 Å². The summed E-state index contributed by atoms with van der Waals surface area (Å²) in [6, 6.07) is 0. The number of rotatable bonds is 0. The predicted molar refractivity (Wildman–Crippen MR) is 32.2 cm³/mol. The van der Waals surface area contributed by atoms with Gasteiger partial charge in [0.15, 0.2) is 0 Å². The predicted octanol–water partition coefficient (Wildman–Crippen LogP) is -1.06. The zero-order valence-corrected chi connectivity index (χ0v) is 7.67. The molecular formula is C2H6CeNO5Sr-. The molecule has 0 amide bonds. The van der Waals surface area contributed by atoms with E-state index in [9.17, 15) is 0 Å². The fraction of sp³-hybridized carbons (Fsp3) is 0.500. The number of aliphatic carboxylic acids is 1. The van der Waals surface area contributed by atoms with Crippen LogP contribution in [0.5, 0.6) is 0 Å². The van der Waals surface area contributed by atoms with Crippen molar-refractivity contribution in [1.29, 1.82) is 0 Å². The van der Waals surface area contributed by atoms with Crippen LogP contribution < -0.4 is 0 Å². The van der Waals surface area contributed by atoms with E-state index in [2.05, 4.69) is 0 Å². The van der Waals surface area contributed by atoms with Gasteiger partial charge in [-0.25, -0.2) is 0 Å². The van der Waals surface area contributed by atoms with Gasteiger partial charge in [0.25, 0.3) is 5.97 Å². The van der Waals surface area contributed by atoms with E-state index in [1.807, 2.05) is 0 Å². The second-order valence-electron chi connectivity index (χ2n) is 0.743. The van der Waals surface area contributed by atoms with E-state index in [0.29, 0.717) is 0 Å². The summed E-state index contributed by atoms with van der Waals surface area (Å²) in [6.45, 7) is 1.08. The Morgan fingerprint density at radius 3 is 1.50 bits per heavy atom. The molecule has 10 heavy (non-hydrogen) atoms. The van der Waals surface area contributed by atoms with E-state index in [0.717, 1.165) is 6.92 Å². The van der Waals surface area contributed by atoms with E-state index in [1.54, 1.807) is 0 Å². The second kappa shape index (κ2) is 16.9. The number of carboxylic acids is 1. The minimum atomic E-state index is -1.75. The van der Waals surface area contributed by atoms with Crippen LogP contribution in [-0.2, 0) is 4.79 Å². The van der Waals surface area contributed by atoms with Gasteiger partial charge in [-0.2, -0.15) is 0 Å². The average molecular weight is 352 g/mol. The van der Waals surface area contributed by atoms with E-state index in [-0.39, 0.29) is 87.2 Å². The van der Waals surface area contributed by atoms with Crippen molar-refractivity contribution in [3.05, 3.63) is 15.3 Å². The van der Waals surface area contributed by atoms with Crippen LogP contribution in [-0.4, -0.2) is 61.6 Å².